The average molecular weight is 196 g/mol. The van der Waals surface area contributed by atoms with Gasteiger partial charge in [-0.05, 0) is 58.5 Å². The van der Waals surface area contributed by atoms with Crippen LogP contribution in [0.1, 0.15) is 51.4 Å². The second kappa shape index (κ2) is 4.19. The number of hydrogen-bond donors (Lipinski definition) is 1. The lowest BCUT2D eigenvalue weighted by molar-refractivity contribution is 0.144. The monoisotopic (exact) mass is 196 g/mol. The highest BCUT2D eigenvalue weighted by Crippen LogP contribution is 2.34. The van der Waals surface area contributed by atoms with Crippen LogP contribution in [0.4, 0.5) is 0 Å². The molecule has 0 bridgehead atoms. The third-order valence-electron chi connectivity index (χ3n) is 4.25. The van der Waals surface area contributed by atoms with E-state index >= 15 is 0 Å². The van der Waals surface area contributed by atoms with Gasteiger partial charge in [0.25, 0.3) is 0 Å². The highest BCUT2D eigenvalue weighted by Gasteiger charge is 2.33. The molecule has 1 aliphatic carbocycles. The van der Waals surface area contributed by atoms with Gasteiger partial charge in [-0.3, -0.25) is 0 Å². The molecule has 1 saturated carbocycles. The van der Waals surface area contributed by atoms with Gasteiger partial charge in [0.1, 0.15) is 0 Å². The van der Waals surface area contributed by atoms with Crippen LogP contribution in [0, 0.1) is 0 Å². The Morgan fingerprint density at radius 2 is 2.07 bits per heavy atom. The fourth-order valence-corrected chi connectivity index (χ4v) is 2.84. The summed E-state index contributed by atoms with van der Waals surface area (Å²) in [5.41, 5.74) is 6.48. The van der Waals surface area contributed by atoms with Crippen molar-refractivity contribution in [1.29, 1.82) is 0 Å². The summed E-state index contributed by atoms with van der Waals surface area (Å²) in [5, 5.41) is 0. The zero-order valence-electron chi connectivity index (χ0n) is 9.47. The predicted octanol–water partition coefficient (Wildman–Crippen LogP) is 2.13. The van der Waals surface area contributed by atoms with Crippen LogP contribution in [0.3, 0.4) is 0 Å². The van der Waals surface area contributed by atoms with Crippen LogP contribution < -0.4 is 5.73 Å². The Morgan fingerprint density at radius 1 is 1.29 bits per heavy atom. The van der Waals surface area contributed by atoms with Crippen molar-refractivity contribution in [2.75, 3.05) is 13.6 Å². The van der Waals surface area contributed by atoms with Crippen LogP contribution in [-0.4, -0.2) is 30.1 Å². The molecule has 0 aromatic rings. The van der Waals surface area contributed by atoms with Crippen molar-refractivity contribution in [3.8, 4) is 0 Å². The lowest BCUT2D eigenvalue weighted by Gasteiger charge is -2.41. The molecule has 2 rings (SSSR count). The molecule has 14 heavy (non-hydrogen) atoms. The van der Waals surface area contributed by atoms with E-state index in [1.54, 1.807) is 0 Å². The molecular weight excluding hydrogens is 172 g/mol. The molecule has 82 valence electrons. The minimum Gasteiger partial charge on any atom is -0.325 e. The van der Waals surface area contributed by atoms with Crippen LogP contribution in [-0.2, 0) is 0 Å². The maximum atomic E-state index is 6.25. The maximum absolute atomic E-state index is 6.25. The van der Waals surface area contributed by atoms with Gasteiger partial charge in [0.15, 0.2) is 0 Å². The quantitative estimate of drug-likeness (QED) is 0.749. The maximum Gasteiger partial charge on any atom is 0.0155 e. The molecule has 0 aromatic heterocycles. The van der Waals surface area contributed by atoms with Crippen LogP contribution in [0.25, 0.3) is 0 Å². The van der Waals surface area contributed by atoms with Crippen molar-refractivity contribution in [2.24, 2.45) is 5.73 Å². The fourth-order valence-electron chi connectivity index (χ4n) is 2.84. The summed E-state index contributed by atoms with van der Waals surface area (Å²) in [6.45, 7) is 1.29. The number of nitrogens with two attached hydrogens (primary N) is 1. The highest BCUT2D eigenvalue weighted by molar-refractivity contribution is 4.93. The van der Waals surface area contributed by atoms with Crippen molar-refractivity contribution in [3.05, 3.63) is 0 Å². The second-order valence-corrected chi connectivity index (χ2v) is 5.38. The number of nitrogens with zero attached hydrogens (tertiary/aromatic N) is 1. The van der Waals surface area contributed by atoms with Gasteiger partial charge in [-0.1, -0.05) is 6.42 Å². The SMILES string of the molecule is CN1CCCCC1CCC1(N)CCC1. The van der Waals surface area contributed by atoms with Crippen LogP contribution >= 0.6 is 0 Å². The zero-order chi connectivity index (χ0) is 10.0. The van der Waals surface area contributed by atoms with Crippen LogP contribution in [0.15, 0.2) is 0 Å². The van der Waals surface area contributed by atoms with Gasteiger partial charge in [-0.2, -0.15) is 0 Å². The lowest BCUT2D eigenvalue weighted by Crippen LogP contribution is -2.48. The molecule has 0 amide bonds. The number of rotatable bonds is 3. The van der Waals surface area contributed by atoms with E-state index in [0.717, 1.165) is 6.04 Å². The summed E-state index contributed by atoms with van der Waals surface area (Å²) < 4.78 is 0. The van der Waals surface area contributed by atoms with Crippen molar-refractivity contribution < 1.29 is 0 Å². The van der Waals surface area contributed by atoms with Crippen molar-refractivity contribution in [3.63, 3.8) is 0 Å². The van der Waals surface area contributed by atoms with Gasteiger partial charge < -0.3 is 10.6 Å². The molecule has 2 aliphatic rings. The summed E-state index contributed by atoms with van der Waals surface area (Å²) in [5.74, 6) is 0. The third kappa shape index (κ3) is 2.29. The molecule has 1 atom stereocenters. The molecule has 2 heteroatoms. The molecule has 2 fully saturated rings. The topological polar surface area (TPSA) is 29.3 Å². The first-order valence-corrected chi connectivity index (χ1v) is 6.19. The fraction of sp³-hybridized carbons (Fsp3) is 1.00. The predicted molar refractivity (Wildman–Crippen MR) is 60.3 cm³/mol. The van der Waals surface area contributed by atoms with E-state index in [2.05, 4.69) is 11.9 Å². The first kappa shape index (κ1) is 10.4. The van der Waals surface area contributed by atoms with Crippen molar-refractivity contribution >= 4 is 0 Å². The standard InChI is InChI=1S/C12H24N2/c1-14-10-3-2-5-11(14)6-9-12(13)7-4-8-12/h11H,2-10,13H2,1H3. The average Bonchev–Trinajstić information content (AvgIpc) is 2.14. The van der Waals surface area contributed by atoms with Gasteiger partial charge >= 0.3 is 0 Å². The molecule has 1 unspecified atom stereocenters. The highest BCUT2D eigenvalue weighted by atomic mass is 15.1. The minimum absolute atomic E-state index is 0.234. The Balaban J connectivity index is 1.73. The van der Waals surface area contributed by atoms with E-state index in [-0.39, 0.29) is 5.54 Å². The van der Waals surface area contributed by atoms with Gasteiger partial charge in [-0.15, -0.1) is 0 Å². The normalized spacial score (nSPS) is 32.6. The first-order valence-electron chi connectivity index (χ1n) is 6.19. The summed E-state index contributed by atoms with van der Waals surface area (Å²) in [4.78, 5) is 2.53. The van der Waals surface area contributed by atoms with Crippen molar-refractivity contribution in [2.45, 2.75) is 62.9 Å². The van der Waals surface area contributed by atoms with Crippen LogP contribution in [0.2, 0.25) is 0 Å². The minimum atomic E-state index is 0.234. The zero-order valence-corrected chi connectivity index (χ0v) is 9.47. The molecule has 2 N–H and O–H groups in total. The van der Waals surface area contributed by atoms with E-state index in [4.69, 9.17) is 5.73 Å². The largest absolute Gasteiger partial charge is 0.325 e. The number of piperidine rings is 1. The third-order valence-corrected chi connectivity index (χ3v) is 4.25. The Bertz CT molecular complexity index is 187. The molecule has 0 spiro atoms. The smallest absolute Gasteiger partial charge is 0.0155 e. The lowest BCUT2D eigenvalue weighted by atomic mass is 9.73. The molecule has 2 nitrogen and oxygen atoms in total. The van der Waals surface area contributed by atoms with Gasteiger partial charge in [0.05, 0.1) is 0 Å². The van der Waals surface area contributed by atoms with E-state index in [1.165, 1.54) is 57.9 Å². The summed E-state index contributed by atoms with van der Waals surface area (Å²) in [7, 11) is 2.27. The molecule has 1 aliphatic heterocycles. The van der Waals surface area contributed by atoms with E-state index < -0.39 is 0 Å². The van der Waals surface area contributed by atoms with Gasteiger partial charge in [-0.25, -0.2) is 0 Å². The Labute approximate surface area is 87.8 Å². The van der Waals surface area contributed by atoms with Crippen LogP contribution in [0.5, 0.6) is 0 Å². The molecule has 1 heterocycles. The summed E-state index contributed by atoms with van der Waals surface area (Å²) in [6.07, 6.45) is 10.7. The van der Waals surface area contributed by atoms with Crippen molar-refractivity contribution in [1.82, 2.24) is 4.90 Å². The molecular formula is C12H24N2. The summed E-state index contributed by atoms with van der Waals surface area (Å²) >= 11 is 0. The van der Waals surface area contributed by atoms with Gasteiger partial charge in [0, 0.05) is 11.6 Å². The van der Waals surface area contributed by atoms with Gasteiger partial charge in [0.2, 0.25) is 0 Å². The molecule has 0 radical (unpaired) electrons. The number of hydrogen-bond acceptors (Lipinski definition) is 2. The number of likely N-dealkylation sites (tertiary alicyclic amines) is 1. The van der Waals surface area contributed by atoms with E-state index in [9.17, 15) is 0 Å². The Kier molecular flexibility index (Phi) is 3.13. The second-order valence-electron chi connectivity index (χ2n) is 5.38. The first-order chi connectivity index (χ1) is 6.70. The van der Waals surface area contributed by atoms with E-state index in [0.29, 0.717) is 0 Å². The van der Waals surface area contributed by atoms with E-state index in [1.807, 2.05) is 0 Å². The Hall–Kier alpha value is -0.0800. The Morgan fingerprint density at radius 3 is 2.64 bits per heavy atom. The molecule has 0 aromatic carbocycles. The molecule has 1 saturated heterocycles. The summed E-state index contributed by atoms with van der Waals surface area (Å²) in [6, 6.07) is 0.824.